The van der Waals surface area contributed by atoms with Crippen molar-refractivity contribution in [1.82, 2.24) is 5.32 Å². The molecule has 0 spiro atoms. The lowest BCUT2D eigenvalue weighted by atomic mass is 9.90. The summed E-state index contributed by atoms with van der Waals surface area (Å²) in [6, 6.07) is 32.3. The molecule has 0 heterocycles. The van der Waals surface area contributed by atoms with Gasteiger partial charge in [-0.3, -0.25) is 20.7 Å². The van der Waals surface area contributed by atoms with Gasteiger partial charge >= 0.3 is 12.1 Å². The highest BCUT2D eigenvalue weighted by Crippen LogP contribution is 2.22. The predicted molar refractivity (Wildman–Crippen MR) is 175 cm³/mol. The fraction of sp³-hybridized carbons (Fsp3) is 0.189. The average molecular weight is 660 g/mol. The summed E-state index contributed by atoms with van der Waals surface area (Å²) in [5.74, 6) is -4.24. The summed E-state index contributed by atoms with van der Waals surface area (Å²) >= 11 is 0. The van der Waals surface area contributed by atoms with Gasteiger partial charge in [-0.25, -0.2) is 0 Å². The fourth-order valence-electron chi connectivity index (χ4n) is 4.68. The number of alkyl halides is 3. The second-order valence-corrected chi connectivity index (χ2v) is 10.7. The van der Waals surface area contributed by atoms with Gasteiger partial charge in [-0.05, 0) is 64.9 Å². The second-order valence-electron chi connectivity index (χ2n) is 10.7. The van der Waals surface area contributed by atoms with Crippen molar-refractivity contribution in [3.8, 4) is 11.1 Å². The Balaban J connectivity index is 0.000000804. The Morgan fingerprint density at radius 3 is 1.98 bits per heavy atom. The number of benzene rings is 4. The van der Waals surface area contributed by atoms with Crippen molar-refractivity contribution in [1.29, 1.82) is 0 Å². The van der Waals surface area contributed by atoms with Crippen molar-refractivity contribution in [2.75, 3.05) is 7.11 Å². The minimum Gasteiger partial charge on any atom is -0.542 e. The maximum absolute atomic E-state index is 13.5. The van der Waals surface area contributed by atoms with Crippen LogP contribution in [0.3, 0.4) is 0 Å². The first kappa shape index (κ1) is 36.8. The molecule has 0 unspecified atom stereocenters. The SMILES string of the molecule is CCc1ccc(-c2ccc(C(=O)N[C@H](/C=C/c3ccccc3)[C@@H](Cc3cccc(C(N)=[NH2+])c3)C(=O)OC)cc2)cc1.O=C([O-])C(F)(F)F. The fourth-order valence-corrected chi connectivity index (χ4v) is 4.68. The molecule has 1 amide bonds. The van der Waals surface area contributed by atoms with Gasteiger partial charge in [-0.2, -0.15) is 13.2 Å². The van der Waals surface area contributed by atoms with Crippen LogP contribution in [0.25, 0.3) is 17.2 Å². The first-order chi connectivity index (χ1) is 22.8. The molecule has 4 aromatic rings. The summed E-state index contributed by atoms with van der Waals surface area (Å²) in [6.45, 7) is 2.13. The van der Waals surface area contributed by atoms with Gasteiger partial charge in [0.05, 0.1) is 24.6 Å². The number of carbonyl (C=O) groups is 3. The van der Waals surface area contributed by atoms with Gasteiger partial charge in [-0.15, -0.1) is 0 Å². The van der Waals surface area contributed by atoms with E-state index in [2.05, 4.69) is 36.5 Å². The van der Waals surface area contributed by atoms with Crippen molar-refractivity contribution in [2.45, 2.75) is 32.0 Å². The van der Waals surface area contributed by atoms with Gasteiger partial charge in [-0.1, -0.05) is 97.9 Å². The molecule has 5 N–H and O–H groups in total. The number of rotatable bonds is 11. The van der Waals surface area contributed by atoms with E-state index in [9.17, 15) is 22.8 Å². The highest BCUT2D eigenvalue weighted by Gasteiger charge is 2.30. The van der Waals surface area contributed by atoms with Crippen LogP contribution in [-0.4, -0.2) is 43.0 Å². The van der Waals surface area contributed by atoms with Gasteiger partial charge in [0, 0.05) is 5.56 Å². The van der Waals surface area contributed by atoms with Crippen LogP contribution in [0, 0.1) is 5.92 Å². The molecule has 8 nitrogen and oxygen atoms in total. The Kier molecular flexibility index (Phi) is 13.2. The first-order valence-electron chi connectivity index (χ1n) is 14.9. The van der Waals surface area contributed by atoms with Crippen molar-refractivity contribution < 1.29 is 42.8 Å². The highest BCUT2D eigenvalue weighted by molar-refractivity contribution is 5.95. The quantitative estimate of drug-likeness (QED) is 0.128. The summed E-state index contributed by atoms with van der Waals surface area (Å²) in [5, 5.41) is 17.7. The molecule has 4 aromatic carbocycles. The normalized spacial score (nSPS) is 12.3. The van der Waals surface area contributed by atoms with Crippen LogP contribution < -0.4 is 21.6 Å². The van der Waals surface area contributed by atoms with E-state index < -0.39 is 30.1 Å². The van der Waals surface area contributed by atoms with Gasteiger partial charge in [0.2, 0.25) is 0 Å². The number of carboxylic acids is 1. The zero-order valence-electron chi connectivity index (χ0n) is 26.4. The van der Waals surface area contributed by atoms with Crippen molar-refractivity contribution >= 4 is 29.8 Å². The number of halogens is 3. The van der Waals surface area contributed by atoms with Crippen molar-refractivity contribution in [2.24, 2.45) is 11.7 Å². The van der Waals surface area contributed by atoms with Crippen LogP contribution in [-0.2, 0) is 27.2 Å². The lowest BCUT2D eigenvalue weighted by molar-refractivity contribution is -0.344. The van der Waals surface area contributed by atoms with Gasteiger partial charge in [0.25, 0.3) is 11.7 Å². The van der Waals surface area contributed by atoms with E-state index in [0.717, 1.165) is 28.7 Å². The molecule has 0 aliphatic carbocycles. The lowest BCUT2D eigenvalue weighted by Crippen LogP contribution is -2.46. The third-order valence-corrected chi connectivity index (χ3v) is 7.32. The molecular weight excluding hydrogens is 623 g/mol. The Morgan fingerprint density at radius 1 is 0.875 bits per heavy atom. The number of hydrogen-bond donors (Lipinski definition) is 3. The number of aliphatic carboxylic acids is 1. The molecule has 0 saturated carbocycles. The highest BCUT2D eigenvalue weighted by atomic mass is 19.4. The maximum atomic E-state index is 13.5. The third-order valence-electron chi connectivity index (χ3n) is 7.32. The van der Waals surface area contributed by atoms with E-state index in [4.69, 9.17) is 25.8 Å². The molecule has 250 valence electrons. The van der Waals surface area contributed by atoms with Crippen LogP contribution >= 0.6 is 0 Å². The molecule has 0 saturated heterocycles. The van der Waals surface area contributed by atoms with E-state index in [1.165, 1.54) is 12.7 Å². The smallest absolute Gasteiger partial charge is 0.430 e. The van der Waals surface area contributed by atoms with Crippen LogP contribution in [0.5, 0.6) is 0 Å². The van der Waals surface area contributed by atoms with Crippen molar-refractivity contribution in [3.05, 3.63) is 137 Å². The number of aryl methyl sites for hydroxylation is 1. The average Bonchev–Trinajstić information content (AvgIpc) is 3.09. The number of amides is 1. The zero-order chi connectivity index (χ0) is 35.3. The van der Waals surface area contributed by atoms with Crippen LogP contribution in [0.1, 0.15) is 39.5 Å². The summed E-state index contributed by atoms with van der Waals surface area (Å²) in [4.78, 5) is 35.4. The molecule has 48 heavy (non-hydrogen) atoms. The Hall–Kier alpha value is -5.71. The molecule has 0 fully saturated rings. The predicted octanol–water partition coefficient (Wildman–Crippen LogP) is 3.52. The van der Waals surface area contributed by atoms with E-state index in [0.29, 0.717) is 17.5 Å². The first-order valence-corrected chi connectivity index (χ1v) is 14.9. The molecular formula is C37H36F3N3O5. The summed E-state index contributed by atoms with van der Waals surface area (Å²) < 4.78 is 36.7. The molecule has 0 bridgehead atoms. The molecule has 2 atom stereocenters. The number of carboxylic acid groups (broad SMARTS) is 1. The van der Waals surface area contributed by atoms with Gasteiger partial charge < -0.3 is 20.0 Å². The molecule has 11 heteroatoms. The Bertz CT molecular complexity index is 1720. The number of ether oxygens (including phenoxy) is 1. The maximum Gasteiger partial charge on any atom is 0.430 e. The second kappa shape index (κ2) is 17.3. The Labute approximate surface area is 276 Å². The van der Waals surface area contributed by atoms with Gasteiger partial charge in [0.1, 0.15) is 5.97 Å². The summed E-state index contributed by atoms with van der Waals surface area (Å²) in [7, 11) is 1.35. The van der Waals surface area contributed by atoms with E-state index in [1.54, 1.807) is 12.1 Å². The summed E-state index contributed by atoms with van der Waals surface area (Å²) in [5.41, 5.74) is 12.1. The molecule has 0 radical (unpaired) electrons. The molecule has 0 aliphatic rings. The lowest BCUT2D eigenvalue weighted by Gasteiger charge is -2.24. The van der Waals surface area contributed by atoms with Crippen LogP contribution in [0.15, 0.2) is 109 Å². The zero-order valence-corrected chi connectivity index (χ0v) is 26.4. The number of esters is 1. The minimum atomic E-state index is -5.19. The number of carbonyl (C=O) groups excluding carboxylic acids is 3. The number of nitrogens with one attached hydrogen (secondary N) is 1. The number of amidine groups is 1. The topological polar surface area (TPSA) is 147 Å². The van der Waals surface area contributed by atoms with Gasteiger partial charge in [0.15, 0.2) is 0 Å². The molecule has 4 rings (SSSR count). The minimum absolute atomic E-state index is 0.194. The largest absolute Gasteiger partial charge is 0.542 e. The van der Waals surface area contributed by atoms with E-state index >= 15 is 0 Å². The van der Waals surface area contributed by atoms with E-state index in [1.807, 2.05) is 78.9 Å². The van der Waals surface area contributed by atoms with E-state index in [-0.39, 0.29) is 11.7 Å². The number of methoxy groups -OCH3 is 1. The monoisotopic (exact) mass is 659 g/mol. The van der Waals surface area contributed by atoms with Crippen LogP contribution in [0.2, 0.25) is 0 Å². The molecule has 0 aliphatic heterocycles. The number of nitrogens with two attached hydrogens (primary N) is 2. The third kappa shape index (κ3) is 11.0. The Morgan fingerprint density at radius 2 is 1.46 bits per heavy atom. The summed E-state index contributed by atoms with van der Waals surface area (Å²) in [6.07, 6.45) is -0.168. The standard InChI is InChI=1S/C35H35N3O3.C2HF3O2/c1-3-24-12-15-27(16-13-24)28-17-19-29(20-18-28)34(39)38-32(21-14-25-8-5-4-6-9-25)31(35(40)41-2)23-26-10-7-11-30(22-26)33(36)37;3-2(4,5)1(6)7/h4-22,31-32H,3,23H2,1-2H3,(H3,36,37)(H,38,39);(H,6,7)/b21-14+;/t31-,32-;/m1./s1. The molecule has 0 aromatic heterocycles. The van der Waals surface area contributed by atoms with Crippen molar-refractivity contribution in [3.63, 3.8) is 0 Å². The van der Waals surface area contributed by atoms with Crippen LogP contribution in [0.4, 0.5) is 13.2 Å². The number of hydrogen-bond acceptors (Lipinski definition) is 5.